The lowest BCUT2D eigenvalue weighted by atomic mass is 9.99. The average molecular weight is 407 g/mol. The monoisotopic (exact) mass is 406 g/mol. The molecule has 0 saturated carbocycles. The van der Waals surface area contributed by atoms with E-state index < -0.39 is 12.0 Å². The summed E-state index contributed by atoms with van der Waals surface area (Å²) in [5.74, 6) is -2.11. The van der Waals surface area contributed by atoms with Gasteiger partial charge in [-0.2, -0.15) is 0 Å². The highest BCUT2D eigenvalue weighted by molar-refractivity contribution is 6.31. The van der Waals surface area contributed by atoms with E-state index in [-0.39, 0.29) is 29.2 Å². The molecule has 1 unspecified atom stereocenters. The van der Waals surface area contributed by atoms with Crippen LogP contribution in [0.2, 0.25) is 5.02 Å². The van der Waals surface area contributed by atoms with Crippen LogP contribution in [-0.4, -0.2) is 23.6 Å². The topological polar surface area (TPSA) is 86.3 Å². The molecule has 146 valence electrons. The number of carboxylic acid groups (broad SMARTS) is 1. The van der Waals surface area contributed by atoms with Crippen LogP contribution in [0.15, 0.2) is 78.9 Å². The van der Waals surface area contributed by atoms with Gasteiger partial charge in [0.25, 0.3) is 0 Å². The van der Waals surface area contributed by atoms with Gasteiger partial charge >= 0.3 is 0 Å². The molecular formula is C23H17ClNO4-. The van der Waals surface area contributed by atoms with E-state index in [9.17, 15) is 19.5 Å². The predicted octanol–water partition coefficient (Wildman–Crippen LogP) is 3.37. The minimum Gasteiger partial charge on any atom is -0.548 e. The number of hydrogen-bond donors (Lipinski definition) is 1. The van der Waals surface area contributed by atoms with Crippen LogP contribution in [0.5, 0.6) is 0 Å². The van der Waals surface area contributed by atoms with Gasteiger partial charge in [0.1, 0.15) is 0 Å². The smallest absolute Gasteiger partial charge is 0.195 e. The van der Waals surface area contributed by atoms with Gasteiger partial charge in [-0.15, -0.1) is 0 Å². The highest BCUT2D eigenvalue weighted by Crippen LogP contribution is 2.25. The normalized spacial score (nSPS) is 11.5. The number of anilines is 1. The molecule has 0 aliphatic carbocycles. The number of rotatable bonds is 8. The van der Waals surface area contributed by atoms with E-state index in [0.717, 1.165) is 0 Å². The fourth-order valence-corrected chi connectivity index (χ4v) is 3.06. The van der Waals surface area contributed by atoms with E-state index in [1.54, 1.807) is 60.7 Å². The maximum atomic E-state index is 12.9. The minimum atomic E-state index is -1.44. The second-order valence-electron chi connectivity index (χ2n) is 6.39. The lowest BCUT2D eigenvalue weighted by molar-refractivity contribution is -0.306. The third-order valence-corrected chi connectivity index (χ3v) is 4.60. The second kappa shape index (κ2) is 9.17. The molecule has 0 aliphatic rings. The summed E-state index contributed by atoms with van der Waals surface area (Å²) in [6.45, 7) is 0. The number of aliphatic carboxylic acids is 1. The zero-order valence-electron chi connectivity index (χ0n) is 15.3. The van der Waals surface area contributed by atoms with Crippen LogP contribution in [0.1, 0.15) is 32.7 Å². The lowest BCUT2D eigenvalue weighted by Crippen LogP contribution is -2.42. The first-order valence-corrected chi connectivity index (χ1v) is 9.28. The number of carbonyl (C=O) groups is 3. The van der Waals surface area contributed by atoms with Gasteiger partial charge in [0.15, 0.2) is 11.6 Å². The summed E-state index contributed by atoms with van der Waals surface area (Å²) in [4.78, 5) is 37.0. The molecule has 3 rings (SSSR count). The Kier molecular flexibility index (Phi) is 6.42. The summed E-state index contributed by atoms with van der Waals surface area (Å²) in [5, 5.41) is 14.7. The van der Waals surface area contributed by atoms with Gasteiger partial charge in [-0.05, 0) is 18.2 Å². The Morgan fingerprint density at radius 2 is 1.45 bits per heavy atom. The molecular weight excluding hydrogens is 390 g/mol. The van der Waals surface area contributed by atoms with Crippen molar-refractivity contribution in [1.82, 2.24) is 0 Å². The fourth-order valence-electron chi connectivity index (χ4n) is 2.88. The SMILES string of the molecule is O=C(CC(Nc1ccc(Cl)cc1C(=O)c1ccccc1)C(=O)[O-])c1ccccc1. The van der Waals surface area contributed by atoms with Gasteiger partial charge in [0.2, 0.25) is 0 Å². The molecule has 3 aromatic rings. The number of benzene rings is 3. The van der Waals surface area contributed by atoms with E-state index in [0.29, 0.717) is 16.1 Å². The van der Waals surface area contributed by atoms with E-state index in [1.807, 2.05) is 0 Å². The Hall–Kier alpha value is -3.44. The van der Waals surface area contributed by atoms with Crippen LogP contribution >= 0.6 is 11.6 Å². The van der Waals surface area contributed by atoms with Gasteiger partial charge in [0.05, 0.1) is 12.0 Å². The van der Waals surface area contributed by atoms with Crippen molar-refractivity contribution in [2.45, 2.75) is 12.5 Å². The molecule has 1 atom stereocenters. The van der Waals surface area contributed by atoms with Crippen molar-refractivity contribution in [3.63, 3.8) is 0 Å². The average Bonchev–Trinajstić information content (AvgIpc) is 2.75. The van der Waals surface area contributed by atoms with Crippen LogP contribution in [-0.2, 0) is 4.79 Å². The summed E-state index contributed by atoms with van der Waals surface area (Å²) >= 11 is 6.05. The highest BCUT2D eigenvalue weighted by Gasteiger charge is 2.20. The number of Topliss-reactive ketones (excluding diaryl/α,β-unsaturated/α-hetero) is 1. The molecule has 3 aromatic carbocycles. The van der Waals surface area contributed by atoms with Crippen molar-refractivity contribution in [1.29, 1.82) is 0 Å². The molecule has 29 heavy (non-hydrogen) atoms. The third kappa shape index (κ3) is 5.09. The van der Waals surface area contributed by atoms with E-state index in [2.05, 4.69) is 5.32 Å². The Morgan fingerprint density at radius 1 is 0.862 bits per heavy atom. The summed E-state index contributed by atoms with van der Waals surface area (Å²) in [6.07, 6.45) is -0.325. The summed E-state index contributed by atoms with van der Waals surface area (Å²) < 4.78 is 0. The molecule has 0 aromatic heterocycles. The van der Waals surface area contributed by atoms with Crippen molar-refractivity contribution in [2.75, 3.05) is 5.32 Å². The quantitative estimate of drug-likeness (QED) is 0.579. The molecule has 0 fully saturated rings. The van der Waals surface area contributed by atoms with Gasteiger partial charge in [-0.1, -0.05) is 72.3 Å². The van der Waals surface area contributed by atoms with Gasteiger partial charge in [-0.25, -0.2) is 0 Å². The minimum absolute atomic E-state index is 0.210. The molecule has 0 saturated heterocycles. The Bertz CT molecular complexity index is 1040. The number of nitrogens with one attached hydrogen (secondary N) is 1. The molecule has 1 N–H and O–H groups in total. The maximum Gasteiger partial charge on any atom is 0.195 e. The standard InChI is InChI=1S/C23H18ClNO4/c24-17-11-12-19(18(13-17)22(27)16-9-5-2-6-10-16)25-20(23(28)29)14-21(26)15-7-3-1-4-8-15/h1-13,20,25H,14H2,(H,28,29)/p-1. The first-order chi connectivity index (χ1) is 14.0. The molecule has 0 aliphatic heterocycles. The van der Waals surface area contributed by atoms with Crippen LogP contribution in [0.25, 0.3) is 0 Å². The first kappa shape index (κ1) is 20.3. The Balaban J connectivity index is 1.88. The van der Waals surface area contributed by atoms with Gasteiger partial charge in [-0.3, -0.25) is 9.59 Å². The molecule has 0 amide bonds. The van der Waals surface area contributed by atoms with Crippen molar-refractivity contribution in [3.05, 3.63) is 101 Å². The summed E-state index contributed by atoms with van der Waals surface area (Å²) in [5.41, 5.74) is 1.31. The Labute approximate surface area is 173 Å². The number of halogens is 1. The number of hydrogen-bond acceptors (Lipinski definition) is 5. The predicted molar refractivity (Wildman–Crippen MR) is 109 cm³/mol. The highest BCUT2D eigenvalue weighted by atomic mass is 35.5. The summed E-state index contributed by atoms with van der Waals surface area (Å²) in [6, 6.07) is 20.1. The fraction of sp³-hybridized carbons (Fsp3) is 0.0870. The van der Waals surface area contributed by atoms with Crippen molar-refractivity contribution in [3.8, 4) is 0 Å². The number of ketones is 2. The van der Waals surface area contributed by atoms with E-state index >= 15 is 0 Å². The van der Waals surface area contributed by atoms with Crippen molar-refractivity contribution in [2.24, 2.45) is 0 Å². The van der Waals surface area contributed by atoms with Crippen LogP contribution in [0, 0.1) is 0 Å². The third-order valence-electron chi connectivity index (χ3n) is 4.36. The number of carbonyl (C=O) groups excluding carboxylic acids is 3. The molecule has 6 heteroatoms. The lowest BCUT2D eigenvalue weighted by Gasteiger charge is -2.22. The van der Waals surface area contributed by atoms with Crippen LogP contribution in [0.4, 0.5) is 5.69 Å². The summed E-state index contributed by atoms with van der Waals surface area (Å²) in [7, 11) is 0. The van der Waals surface area contributed by atoms with E-state index in [1.165, 1.54) is 18.2 Å². The zero-order chi connectivity index (χ0) is 20.8. The number of carboxylic acids is 1. The van der Waals surface area contributed by atoms with Crippen molar-refractivity contribution >= 4 is 34.8 Å². The zero-order valence-corrected chi connectivity index (χ0v) is 16.1. The largest absolute Gasteiger partial charge is 0.548 e. The Morgan fingerprint density at radius 3 is 2.03 bits per heavy atom. The van der Waals surface area contributed by atoms with Crippen LogP contribution < -0.4 is 10.4 Å². The van der Waals surface area contributed by atoms with Crippen molar-refractivity contribution < 1.29 is 19.5 Å². The molecule has 0 bridgehead atoms. The van der Waals surface area contributed by atoms with Crippen LogP contribution in [0.3, 0.4) is 0 Å². The molecule has 5 nitrogen and oxygen atoms in total. The van der Waals surface area contributed by atoms with Gasteiger partial charge in [0, 0.05) is 33.8 Å². The molecule has 0 spiro atoms. The molecule has 0 radical (unpaired) electrons. The maximum absolute atomic E-state index is 12.9. The van der Waals surface area contributed by atoms with E-state index in [4.69, 9.17) is 11.6 Å². The van der Waals surface area contributed by atoms with Gasteiger partial charge < -0.3 is 15.2 Å². The second-order valence-corrected chi connectivity index (χ2v) is 6.83. The molecule has 0 heterocycles. The first-order valence-electron chi connectivity index (χ1n) is 8.90.